The Morgan fingerprint density at radius 3 is 2.47 bits per heavy atom. The smallest absolute Gasteiger partial charge is 0.239 e. The van der Waals surface area contributed by atoms with Crippen molar-refractivity contribution in [3.05, 3.63) is 0 Å². The van der Waals surface area contributed by atoms with Gasteiger partial charge in [-0.1, -0.05) is 0 Å². The van der Waals surface area contributed by atoms with Crippen LogP contribution in [0.2, 0.25) is 0 Å². The van der Waals surface area contributed by atoms with E-state index in [2.05, 4.69) is 27.0 Å². The number of nitrogens with zero attached hydrogens (tertiary/aromatic N) is 4. The number of aliphatic imine (C=N–C) groups is 1. The van der Waals surface area contributed by atoms with E-state index in [0.29, 0.717) is 11.8 Å². The fourth-order valence-electron chi connectivity index (χ4n) is 4.55. The van der Waals surface area contributed by atoms with Crippen LogP contribution in [0.15, 0.2) is 4.99 Å². The highest BCUT2D eigenvalue weighted by Crippen LogP contribution is 2.15. The number of guanidine groups is 1. The Bertz CT molecular complexity index is 539. The summed E-state index contributed by atoms with van der Waals surface area (Å²) in [6.45, 7) is 11.8. The summed E-state index contributed by atoms with van der Waals surface area (Å²) >= 11 is 0. The minimum absolute atomic E-state index is 0.0203. The molecule has 0 aromatic heterocycles. The lowest BCUT2D eigenvalue weighted by molar-refractivity contribution is -0.135. The topological polar surface area (TPSA) is 69.6 Å². The van der Waals surface area contributed by atoms with Gasteiger partial charge in [0.25, 0.3) is 0 Å². The van der Waals surface area contributed by atoms with E-state index in [-0.39, 0.29) is 6.04 Å². The molecule has 172 valence electrons. The second-order valence-electron chi connectivity index (χ2n) is 8.69. The van der Waals surface area contributed by atoms with Gasteiger partial charge in [0.15, 0.2) is 5.96 Å². The van der Waals surface area contributed by atoms with Crippen molar-refractivity contribution < 1.29 is 14.3 Å². The summed E-state index contributed by atoms with van der Waals surface area (Å²) in [4.78, 5) is 23.8. The van der Waals surface area contributed by atoms with Gasteiger partial charge in [0.1, 0.15) is 0 Å². The van der Waals surface area contributed by atoms with Crippen LogP contribution in [-0.4, -0.2) is 112 Å². The molecule has 1 unspecified atom stereocenters. The number of rotatable bonds is 8. The molecule has 1 atom stereocenters. The first-order valence-electron chi connectivity index (χ1n) is 11.8. The summed E-state index contributed by atoms with van der Waals surface area (Å²) < 4.78 is 11.2. The Labute approximate surface area is 181 Å². The lowest BCUT2D eigenvalue weighted by Crippen LogP contribution is -2.57. The van der Waals surface area contributed by atoms with Gasteiger partial charge in [-0.05, 0) is 44.9 Å². The van der Waals surface area contributed by atoms with Gasteiger partial charge in [0.2, 0.25) is 5.91 Å². The first kappa shape index (κ1) is 23.3. The predicted molar refractivity (Wildman–Crippen MR) is 119 cm³/mol. The maximum absolute atomic E-state index is 12.7. The Morgan fingerprint density at radius 1 is 1.10 bits per heavy atom. The van der Waals surface area contributed by atoms with Crippen LogP contribution in [0, 0.1) is 5.92 Å². The third-order valence-corrected chi connectivity index (χ3v) is 6.59. The molecule has 30 heavy (non-hydrogen) atoms. The van der Waals surface area contributed by atoms with E-state index in [9.17, 15) is 4.79 Å². The Morgan fingerprint density at radius 2 is 1.80 bits per heavy atom. The van der Waals surface area contributed by atoms with Crippen molar-refractivity contribution in [3.63, 3.8) is 0 Å². The third kappa shape index (κ3) is 6.82. The van der Waals surface area contributed by atoms with Crippen LogP contribution in [0.4, 0.5) is 0 Å². The molecule has 3 saturated heterocycles. The second-order valence-corrected chi connectivity index (χ2v) is 8.69. The van der Waals surface area contributed by atoms with Crippen molar-refractivity contribution in [2.24, 2.45) is 10.9 Å². The number of hydrogen-bond acceptors (Lipinski definition) is 5. The summed E-state index contributed by atoms with van der Waals surface area (Å²) in [6.07, 6.45) is 5.52. The minimum Gasteiger partial charge on any atom is -0.381 e. The number of carbonyl (C=O) groups excluding carboxylic acids is 1. The molecule has 0 bridgehead atoms. The van der Waals surface area contributed by atoms with Gasteiger partial charge in [0.05, 0.1) is 6.04 Å². The van der Waals surface area contributed by atoms with Crippen LogP contribution >= 0.6 is 0 Å². The molecular formula is C22H41N5O3. The van der Waals surface area contributed by atoms with Crippen LogP contribution < -0.4 is 5.32 Å². The van der Waals surface area contributed by atoms with Crippen molar-refractivity contribution in [2.45, 2.75) is 45.1 Å². The molecule has 3 aliphatic rings. The summed E-state index contributed by atoms with van der Waals surface area (Å²) in [5, 5.41) is 3.47. The SMILES string of the molecule is CN=C(NCCCOCC1CCOCC1)N1CCN(C(C)C(=O)N2CCCC2)CC1. The summed E-state index contributed by atoms with van der Waals surface area (Å²) in [7, 11) is 1.84. The zero-order valence-electron chi connectivity index (χ0n) is 19.0. The van der Waals surface area contributed by atoms with Gasteiger partial charge in [-0.15, -0.1) is 0 Å². The van der Waals surface area contributed by atoms with Crippen LogP contribution in [0.25, 0.3) is 0 Å². The minimum atomic E-state index is -0.0203. The molecule has 0 aromatic carbocycles. The van der Waals surface area contributed by atoms with Crippen LogP contribution in [0.1, 0.15) is 39.0 Å². The number of likely N-dealkylation sites (tertiary alicyclic amines) is 1. The fraction of sp³-hybridized carbons (Fsp3) is 0.909. The van der Waals surface area contributed by atoms with Gasteiger partial charge >= 0.3 is 0 Å². The fourth-order valence-corrected chi connectivity index (χ4v) is 4.55. The monoisotopic (exact) mass is 423 g/mol. The van der Waals surface area contributed by atoms with E-state index < -0.39 is 0 Å². The largest absolute Gasteiger partial charge is 0.381 e. The average Bonchev–Trinajstić information content (AvgIpc) is 3.33. The van der Waals surface area contributed by atoms with Crippen molar-refractivity contribution in [2.75, 3.05) is 79.3 Å². The van der Waals surface area contributed by atoms with Crippen molar-refractivity contribution in [1.29, 1.82) is 0 Å². The Kier molecular flexibility index (Phi) is 9.68. The summed E-state index contributed by atoms with van der Waals surface area (Å²) in [5.74, 6) is 1.91. The zero-order valence-corrected chi connectivity index (χ0v) is 19.0. The summed E-state index contributed by atoms with van der Waals surface area (Å²) in [6, 6.07) is -0.0203. The lowest BCUT2D eigenvalue weighted by Gasteiger charge is -2.39. The molecule has 1 N–H and O–H groups in total. The highest BCUT2D eigenvalue weighted by Gasteiger charge is 2.30. The Hall–Kier alpha value is -1.38. The van der Waals surface area contributed by atoms with E-state index in [1.807, 2.05) is 11.9 Å². The van der Waals surface area contributed by atoms with E-state index in [1.54, 1.807) is 0 Å². The van der Waals surface area contributed by atoms with Gasteiger partial charge < -0.3 is 24.6 Å². The lowest BCUT2D eigenvalue weighted by atomic mass is 10.0. The normalized spacial score (nSPS) is 23.1. The second kappa shape index (κ2) is 12.5. The molecule has 0 spiro atoms. The number of nitrogens with one attached hydrogen (secondary N) is 1. The molecule has 3 heterocycles. The molecule has 0 saturated carbocycles. The predicted octanol–water partition coefficient (Wildman–Crippen LogP) is 1.02. The highest BCUT2D eigenvalue weighted by molar-refractivity contribution is 5.82. The number of amides is 1. The Balaban J connectivity index is 1.29. The zero-order chi connectivity index (χ0) is 21.2. The van der Waals surface area contributed by atoms with Crippen molar-refractivity contribution in [1.82, 2.24) is 20.0 Å². The first-order valence-corrected chi connectivity index (χ1v) is 11.8. The molecule has 3 rings (SSSR count). The molecule has 3 aliphatic heterocycles. The number of carbonyl (C=O) groups is 1. The average molecular weight is 424 g/mol. The molecular weight excluding hydrogens is 382 g/mol. The maximum Gasteiger partial charge on any atom is 0.239 e. The molecule has 0 aliphatic carbocycles. The van der Waals surface area contributed by atoms with Crippen LogP contribution in [0.3, 0.4) is 0 Å². The summed E-state index contributed by atoms with van der Waals surface area (Å²) in [5.41, 5.74) is 0. The quantitative estimate of drug-likeness (QED) is 0.357. The third-order valence-electron chi connectivity index (χ3n) is 6.59. The maximum atomic E-state index is 12.7. The standard InChI is InChI=1S/C22H41N5O3/c1-19(21(28)26-9-3-4-10-26)25-11-13-27(14-12-25)22(23-2)24-8-5-15-30-18-20-6-16-29-17-7-20/h19-20H,3-18H2,1-2H3,(H,23,24). The van der Waals surface area contributed by atoms with Crippen molar-refractivity contribution >= 4 is 11.9 Å². The molecule has 0 aromatic rings. The van der Waals surface area contributed by atoms with Gasteiger partial charge in [-0.25, -0.2) is 0 Å². The van der Waals surface area contributed by atoms with E-state index >= 15 is 0 Å². The molecule has 8 nitrogen and oxygen atoms in total. The number of piperazine rings is 1. The number of hydrogen-bond donors (Lipinski definition) is 1. The van der Waals surface area contributed by atoms with Crippen LogP contribution in [-0.2, 0) is 14.3 Å². The van der Waals surface area contributed by atoms with Gasteiger partial charge in [-0.3, -0.25) is 14.7 Å². The molecule has 8 heteroatoms. The van der Waals surface area contributed by atoms with Gasteiger partial charge in [0, 0.05) is 79.3 Å². The molecule has 3 fully saturated rings. The highest BCUT2D eigenvalue weighted by atomic mass is 16.5. The van der Waals surface area contributed by atoms with E-state index in [0.717, 1.165) is 110 Å². The number of ether oxygens (including phenoxy) is 2. The van der Waals surface area contributed by atoms with Crippen LogP contribution in [0.5, 0.6) is 0 Å². The molecule has 1 amide bonds. The van der Waals surface area contributed by atoms with Crippen molar-refractivity contribution in [3.8, 4) is 0 Å². The first-order chi connectivity index (χ1) is 14.7. The molecule has 0 radical (unpaired) electrons. The van der Waals surface area contributed by atoms with E-state index in [4.69, 9.17) is 9.47 Å². The van der Waals surface area contributed by atoms with E-state index in [1.165, 1.54) is 0 Å². The van der Waals surface area contributed by atoms with Gasteiger partial charge in [-0.2, -0.15) is 0 Å².